The number of methoxy groups -OCH3 is 1. The molecule has 0 unspecified atom stereocenters. The van der Waals surface area contributed by atoms with Crippen LogP contribution >= 0.6 is 0 Å². The Morgan fingerprint density at radius 2 is 1.68 bits per heavy atom. The number of ether oxygens (including phenoxy) is 1. The van der Waals surface area contributed by atoms with Gasteiger partial charge in [0.1, 0.15) is 0 Å². The van der Waals surface area contributed by atoms with Gasteiger partial charge in [-0.2, -0.15) is 0 Å². The van der Waals surface area contributed by atoms with Gasteiger partial charge in [0.2, 0.25) is 20.0 Å². The van der Waals surface area contributed by atoms with E-state index >= 15 is 0 Å². The number of hydrogen-bond donors (Lipinski definition) is 1. The summed E-state index contributed by atoms with van der Waals surface area (Å²) in [5.74, 6) is -0.567. The third-order valence-corrected chi connectivity index (χ3v) is 7.55. The number of nitrogens with zero attached hydrogens (tertiary/aromatic N) is 1. The maximum atomic E-state index is 12.7. The zero-order chi connectivity index (χ0) is 21.1. The minimum atomic E-state index is -3.93. The van der Waals surface area contributed by atoms with Crippen molar-refractivity contribution < 1.29 is 26.4 Å². The van der Waals surface area contributed by atoms with E-state index < -0.39 is 26.0 Å². The Hall–Kier alpha value is -2.27. The number of carbonyl (C=O) groups is 1. The highest BCUT2D eigenvalue weighted by Gasteiger charge is 2.23. The first kappa shape index (κ1) is 22.0. The summed E-state index contributed by atoms with van der Waals surface area (Å²) in [6.45, 7) is 1.36. The molecule has 10 heteroatoms. The highest BCUT2D eigenvalue weighted by atomic mass is 32.2. The van der Waals surface area contributed by atoms with Crippen molar-refractivity contribution in [1.82, 2.24) is 9.03 Å². The predicted octanol–water partition coefficient (Wildman–Crippen LogP) is 1.51. The standard InChI is InChI=1S/C18H22N2O6S2/c1-13-11-14(18(21)26-4)9-10-16(13)27(22,23)19-12-15-7-5-6-8-17(15)28(24,25)20(2)3/h5-11,19H,12H2,1-4H3. The third kappa shape index (κ3) is 4.58. The molecule has 0 aliphatic carbocycles. The van der Waals surface area contributed by atoms with Gasteiger partial charge < -0.3 is 4.74 Å². The van der Waals surface area contributed by atoms with Gasteiger partial charge in [0.25, 0.3) is 0 Å². The number of sulfonamides is 2. The van der Waals surface area contributed by atoms with Crippen molar-refractivity contribution >= 4 is 26.0 Å². The second kappa shape index (κ2) is 8.39. The van der Waals surface area contributed by atoms with Gasteiger partial charge in [0.05, 0.1) is 22.5 Å². The van der Waals surface area contributed by atoms with Crippen LogP contribution < -0.4 is 4.72 Å². The van der Waals surface area contributed by atoms with Gasteiger partial charge in [-0.15, -0.1) is 0 Å². The first-order valence-corrected chi connectivity index (χ1v) is 11.1. The molecule has 0 atom stereocenters. The van der Waals surface area contributed by atoms with Crippen molar-refractivity contribution in [2.75, 3.05) is 21.2 Å². The molecule has 0 saturated carbocycles. The van der Waals surface area contributed by atoms with Crippen molar-refractivity contribution in [3.8, 4) is 0 Å². The van der Waals surface area contributed by atoms with Gasteiger partial charge in [-0.25, -0.2) is 30.7 Å². The Labute approximate surface area is 165 Å². The van der Waals surface area contributed by atoms with Crippen LogP contribution in [-0.2, 0) is 31.3 Å². The molecule has 0 radical (unpaired) electrons. The monoisotopic (exact) mass is 426 g/mol. The van der Waals surface area contributed by atoms with E-state index in [1.165, 1.54) is 45.5 Å². The van der Waals surface area contributed by atoms with E-state index in [2.05, 4.69) is 9.46 Å². The quantitative estimate of drug-likeness (QED) is 0.672. The lowest BCUT2D eigenvalue weighted by Gasteiger charge is -2.16. The first-order valence-electron chi connectivity index (χ1n) is 8.20. The smallest absolute Gasteiger partial charge is 0.337 e. The summed E-state index contributed by atoms with van der Waals surface area (Å²) in [5.41, 5.74) is 0.926. The number of carbonyl (C=O) groups excluding carboxylic acids is 1. The molecule has 0 amide bonds. The molecule has 1 N–H and O–H groups in total. The molecule has 2 rings (SSSR count). The SMILES string of the molecule is COC(=O)c1ccc(S(=O)(=O)NCc2ccccc2S(=O)(=O)N(C)C)c(C)c1. The number of esters is 1. The summed E-state index contributed by atoms with van der Waals surface area (Å²) in [5, 5.41) is 0. The van der Waals surface area contributed by atoms with E-state index in [0.29, 0.717) is 11.1 Å². The molecule has 0 saturated heterocycles. The molecule has 8 nitrogen and oxygen atoms in total. The van der Waals surface area contributed by atoms with Crippen LogP contribution in [0.3, 0.4) is 0 Å². The first-order chi connectivity index (χ1) is 13.0. The van der Waals surface area contributed by atoms with Gasteiger partial charge >= 0.3 is 5.97 Å². The normalized spacial score (nSPS) is 12.2. The molecule has 0 bridgehead atoms. The molecule has 28 heavy (non-hydrogen) atoms. The largest absolute Gasteiger partial charge is 0.465 e. The average Bonchev–Trinajstić information content (AvgIpc) is 2.65. The van der Waals surface area contributed by atoms with E-state index in [0.717, 1.165) is 4.31 Å². The summed E-state index contributed by atoms with van der Waals surface area (Å²) in [7, 11) is -3.60. The Morgan fingerprint density at radius 3 is 2.25 bits per heavy atom. The van der Waals surface area contributed by atoms with Crippen molar-refractivity contribution in [3.05, 3.63) is 59.2 Å². The number of aryl methyl sites for hydroxylation is 1. The van der Waals surface area contributed by atoms with Crippen molar-refractivity contribution in [2.24, 2.45) is 0 Å². The molecule has 0 aliphatic heterocycles. The minimum Gasteiger partial charge on any atom is -0.465 e. The van der Waals surface area contributed by atoms with Crippen molar-refractivity contribution in [1.29, 1.82) is 0 Å². The molecular weight excluding hydrogens is 404 g/mol. The van der Waals surface area contributed by atoms with Crippen LogP contribution in [0.4, 0.5) is 0 Å². The van der Waals surface area contributed by atoms with Crippen LogP contribution in [0, 0.1) is 6.92 Å². The second-order valence-corrected chi connectivity index (χ2v) is 10.0. The maximum absolute atomic E-state index is 12.7. The van der Waals surface area contributed by atoms with E-state index in [9.17, 15) is 21.6 Å². The average molecular weight is 427 g/mol. The molecule has 0 aliphatic rings. The number of rotatable bonds is 7. The lowest BCUT2D eigenvalue weighted by molar-refractivity contribution is 0.0600. The molecule has 2 aromatic carbocycles. The van der Waals surface area contributed by atoms with Crippen molar-refractivity contribution in [2.45, 2.75) is 23.3 Å². The van der Waals surface area contributed by atoms with Crippen LogP contribution in [0.5, 0.6) is 0 Å². The lowest BCUT2D eigenvalue weighted by atomic mass is 10.1. The summed E-state index contributed by atoms with van der Waals surface area (Å²) in [6, 6.07) is 10.3. The van der Waals surface area contributed by atoms with E-state index in [1.54, 1.807) is 25.1 Å². The highest BCUT2D eigenvalue weighted by molar-refractivity contribution is 7.89. The lowest BCUT2D eigenvalue weighted by Crippen LogP contribution is -2.27. The Kier molecular flexibility index (Phi) is 6.60. The molecule has 0 fully saturated rings. The second-order valence-electron chi connectivity index (χ2n) is 6.19. The summed E-state index contributed by atoms with van der Waals surface area (Å²) < 4.78 is 58.3. The summed E-state index contributed by atoms with van der Waals surface area (Å²) >= 11 is 0. The molecule has 0 spiro atoms. The fourth-order valence-corrected chi connectivity index (χ4v) is 4.89. The van der Waals surface area contributed by atoms with Gasteiger partial charge in [-0.05, 0) is 42.3 Å². The zero-order valence-corrected chi connectivity index (χ0v) is 17.6. The number of nitrogens with one attached hydrogen (secondary N) is 1. The van der Waals surface area contributed by atoms with Crippen LogP contribution in [0.25, 0.3) is 0 Å². The fourth-order valence-electron chi connectivity index (χ4n) is 2.54. The number of benzene rings is 2. The van der Waals surface area contributed by atoms with E-state index in [-0.39, 0.29) is 21.9 Å². The molecule has 0 aromatic heterocycles. The molecule has 0 heterocycles. The molecular formula is C18H22N2O6S2. The Bertz CT molecular complexity index is 1090. The molecule has 152 valence electrons. The van der Waals surface area contributed by atoms with Gasteiger partial charge in [-0.1, -0.05) is 18.2 Å². The summed E-state index contributed by atoms with van der Waals surface area (Å²) in [4.78, 5) is 11.6. The van der Waals surface area contributed by atoms with Gasteiger partial charge in [0, 0.05) is 20.6 Å². The minimum absolute atomic E-state index is 0.00639. The Balaban J connectivity index is 2.32. The van der Waals surface area contributed by atoms with Crippen LogP contribution in [0.15, 0.2) is 52.3 Å². The van der Waals surface area contributed by atoms with Gasteiger partial charge in [-0.3, -0.25) is 0 Å². The van der Waals surface area contributed by atoms with Gasteiger partial charge in [0.15, 0.2) is 0 Å². The van der Waals surface area contributed by atoms with Crippen molar-refractivity contribution in [3.63, 3.8) is 0 Å². The topological polar surface area (TPSA) is 110 Å². The third-order valence-electron chi connectivity index (χ3n) is 4.07. The highest BCUT2D eigenvalue weighted by Crippen LogP contribution is 2.21. The fraction of sp³-hybridized carbons (Fsp3) is 0.278. The zero-order valence-electron chi connectivity index (χ0n) is 16.0. The van der Waals surface area contributed by atoms with E-state index in [4.69, 9.17) is 0 Å². The van der Waals surface area contributed by atoms with Crippen LogP contribution in [0.1, 0.15) is 21.5 Å². The van der Waals surface area contributed by atoms with E-state index in [1.807, 2.05) is 0 Å². The predicted molar refractivity (Wildman–Crippen MR) is 104 cm³/mol. The summed E-state index contributed by atoms with van der Waals surface area (Å²) in [6.07, 6.45) is 0. The number of hydrogen-bond acceptors (Lipinski definition) is 6. The maximum Gasteiger partial charge on any atom is 0.337 e. The molecule has 2 aromatic rings. The van der Waals surface area contributed by atoms with Crippen LogP contribution in [0.2, 0.25) is 0 Å². The van der Waals surface area contributed by atoms with Crippen LogP contribution in [-0.4, -0.2) is 48.3 Å². The Morgan fingerprint density at radius 1 is 1.04 bits per heavy atom.